The monoisotopic (exact) mass is 450 g/mol. The van der Waals surface area contributed by atoms with E-state index in [1.165, 1.54) is 23.9 Å². The van der Waals surface area contributed by atoms with Gasteiger partial charge in [-0.15, -0.1) is 11.8 Å². The highest BCUT2D eigenvalue weighted by Gasteiger charge is 2.26. The number of nitrogens with one attached hydrogen (secondary N) is 1. The van der Waals surface area contributed by atoms with E-state index >= 15 is 0 Å². The third-order valence-corrected chi connectivity index (χ3v) is 6.81. The molecule has 2 atom stereocenters. The van der Waals surface area contributed by atoms with E-state index in [2.05, 4.69) is 10.2 Å². The van der Waals surface area contributed by atoms with Crippen LogP contribution in [0.25, 0.3) is 0 Å². The lowest BCUT2D eigenvalue weighted by atomic mass is 10.0. The van der Waals surface area contributed by atoms with Crippen LogP contribution in [0.15, 0.2) is 89.8 Å². The van der Waals surface area contributed by atoms with Crippen LogP contribution in [0.5, 0.6) is 0 Å². The van der Waals surface area contributed by atoms with Gasteiger partial charge in [0.05, 0.1) is 19.3 Å². The molecule has 0 radical (unpaired) electrons. The minimum Gasteiger partial charge on any atom is -0.379 e. The Labute approximate surface area is 192 Å². The van der Waals surface area contributed by atoms with Crippen LogP contribution in [0.1, 0.15) is 22.4 Å². The second-order valence-corrected chi connectivity index (χ2v) is 8.86. The Bertz CT molecular complexity index is 980. The Balaban J connectivity index is 1.52. The SMILES string of the molecule is O=C(NC[C@@H](c1ccc(F)cc1)N1CCOCC1)[C@@H](Sc1ccccc1)c1ccccc1. The Morgan fingerprint density at radius 1 is 0.906 bits per heavy atom. The molecule has 1 saturated heterocycles. The van der Waals surface area contributed by atoms with Gasteiger partial charge >= 0.3 is 0 Å². The second kappa shape index (κ2) is 11.3. The largest absolute Gasteiger partial charge is 0.379 e. The molecule has 0 bridgehead atoms. The molecule has 0 unspecified atom stereocenters. The quantitative estimate of drug-likeness (QED) is 0.498. The number of ether oxygens (including phenoxy) is 1. The molecule has 32 heavy (non-hydrogen) atoms. The molecule has 1 fully saturated rings. The molecule has 1 heterocycles. The van der Waals surface area contributed by atoms with Gasteiger partial charge in [0.1, 0.15) is 11.1 Å². The van der Waals surface area contributed by atoms with Crippen molar-refractivity contribution in [3.05, 3.63) is 102 Å². The summed E-state index contributed by atoms with van der Waals surface area (Å²) in [7, 11) is 0. The van der Waals surface area contributed by atoms with Gasteiger partial charge in [-0.3, -0.25) is 9.69 Å². The van der Waals surface area contributed by atoms with E-state index in [0.717, 1.165) is 29.1 Å². The van der Waals surface area contributed by atoms with Gasteiger partial charge in [0.25, 0.3) is 0 Å². The van der Waals surface area contributed by atoms with Gasteiger partial charge in [0.15, 0.2) is 0 Å². The summed E-state index contributed by atoms with van der Waals surface area (Å²) in [6.45, 7) is 3.31. The van der Waals surface area contributed by atoms with Crippen LogP contribution in [-0.2, 0) is 9.53 Å². The van der Waals surface area contributed by atoms with E-state index in [0.29, 0.717) is 19.8 Å². The molecular formula is C26H27FN2O2S. The average Bonchev–Trinajstić information content (AvgIpc) is 2.85. The first kappa shape index (κ1) is 22.5. The molecule has 6 heteroatoms. The van der Waals surface area contributed by atoms with Gasteiger partial charge in [0.2, 0.25) is 5.91 Å². The lowest BCUT2D eigenvalue weighted by Gasteiger charge is -2.35. The van der Waals surface area contributed by atoms with Crippen molar-refractivity contribution in [3.8, 4) is 0 Å². The Morgan fingerprint density at radius 3 is 2.19 bits per heavy atom. The maximum atomic E-state index is 13.5. The number of rotatable bonds is 8. The highest BCUT2D eigenvalue weighted by Crippen LogP contribution is 2.35. The number of carbonyl (C=O) groups excluding carboxylic acids is 1. The van der Waals surface area contributed by atoms with E-state index in [1.807, 2.05) is 60.7 Å². The molecule has 0 spiro atoms. The summed E-state index contributed by atoms with van der Waals surface area (Å²) in [4.78, 5) is 16.7. The second-order valence-electron chi connectivity index (χ2n) is 7.68. The standard InChI is InChI=1S/C26H27FN2O2S/c27-22-13-11-20(12-14-22)24(29-15-17-31-18-16-29)19-28-26(30)25(21-7-3-1-4-8-21)32-23-9-5-2-6-10-23/h1-14,24-25H,15-19H2,(H,28,30)/t24-,25-/m0/s1. The Hall–Kier alpha value is -2.67. The fourth-order valence-electron chi connectivity index (χ4n) is 3.86. The van der Waals surface area contributed by atoms with E-state index < -0.39 is 0 Å². The van der Waals surface area contributed by atoms with Gasteiger partial charge in [-0.05, 0) is 35.4 Å². The summed E-state index contributed by atoms with van der Waals surface area (Å²) in [5.41, 5.74) is 1.95. The predicted octanol–water partition coefficient (Wildman–Crippen LogP) is 4.85. The highest BCUT2D eigenvalue weighted by molar-refractivity contribution is 8.00. The fraction of sp³-hybridized carbons (Fsp3) is 0.269. The van der Waals surface area contributed by atoms with E-state index in [1.54, 1.807) is 12.1 Å². The van der Waals surface area contributed by atoms with Crippen LogP contribution < -0.4 is 5.32 Å². The van der Waals surface area contributed by atoms with Crippen molar-refractivity contribution in [2.75, 3.05) is 32.8 Å². The Kier molecular flexibility index (Phi) is 7.93. The van der Waals surface area contributed by atoms with E-state index in [9.17, 15) is 9.18 Å². The van der Waals surface area contributed by atoms with Gasteiger partial charge in [-0.2, -0.15) is 0 Å². The van der Waals surface area contributed by atoms with Crippen LogP contribution in [0.4, 0.5) is 4.39 Å². The van der Waals surface area contributed by atoms with Crippen molar-refractivity contribution in [2.45, 2.75) is 16.2 Å². The minimum atomic E-state index is -0.364. The molecule has 0 aromatic heterocycles. The summed E-state index contributed by atoms with van der Waals surface area (Å²) in [6.07, 6.45) is 0. The summed E-state index contributed by atoms with van der Waals surface area (Å²) in [5.74, 6) is -0.299. The van der Waals surface area contributed by atoms with Crippen molar-refractivity contribution in [1.29, 1.82) is 0 Å². The normalized spacial score (nSPS) is 16.3. The lowest BCUT2D eigenvalue weighted by Crippen LogP contribution is -2.44. The molecule has 166 valence electrons. The van der Waals surface area contributed by atoms with E-state index in [4.69, 9.17) is 4.74 Å². The van der Waals surface area contributed by atoms with Gasteiger partial charge in [-0.1, -0.05) is 60.7 Å². The smallest absolute Gasteiger partial charge is 0.238 e. The molecule has 0 saturated carbocycles. The van der Waals surface area contributed by atoms with Crippen molar-refractivity contribution in [1.82, 2.24) is 10.2 Å². The molecule has 1 N–H and O–H groups in total. The summed E-state index contributed by atoms with van der Waals surface area (Å²) in [5, 5.41) is 2.81. The van der Waals surface area contributed by atoms with Crippen molar-refractivity contribution in [2.24, 2.45) is 0 Å². The molecule has 0 aliphatic carbocycles. The van der Waals surface area contributed by atoms with Crippen LogP contribution in [0, 0.1) is 5.82 Å². The number of hydrogen-bond donors (Lipinski definition) is 1. The summed E-state index contributed by atoms with van der Waals surface area (Å²) < 4.78 is 19.0. The maximum Gasteiger partial charge on any atom is 0.238 e. The molecule has 4 rings (SSSR count). The number of thioether (sulfide) groups is 1. The molecule has 1 aliphatic heterocycles. The number of halogens is 1. The molecular weight excluding hydrogens is 423 g/mol. The fourth-order valence-corrected chi connectivity index (χ4v) is 4.93. The number of amides is 1. The predicted molar refractivity (Wildman–Crippen MR) is 126 cm³/mol. The van der Waals surface area contributed by atoms with Crippen LogP contribution in [0.2, 0.25) is 0 Å². The first-order chi connectivity index (χ1) is 15.7. The lowest BCUT2D eigenvalue weighted by molar-refractivity contribution is -0.121. The maximum absolute atomic E-state index is 13.5. The average molecular weight is 451 g/mol. The zero-order valence-corrected chi connectivity index (χ0v) is 18.6. The number of morpholine rings is 1. The summed E-state index contributed by atoms with van der Waals surface area (Å²) in [6, 6.07) is 26.3. The third-order valence-electron chi connectivity index (χ3n) is 5.55. The molecule has 3 aromatic carbocycles. The Morgan fingerprint density at radius 2 is 1.53 bits per heavy atom. The molecule has 1 amide bonds. The summed E-state index contributed by atoms with van der Waals surface area (Å²) >= 11 is 1.54. The highest BCUT2D eigenvalue weighted by atomic mass is 32.2. The number of hydrogen-bond acceptors (Lipinski definition) is 4. The number of benzene rings is 3. The first-order valence-electron chi connectivity index (χ1n) is 10.8. The van der Waals surface area contributed by atoms with Gasteiger partial charge < -0.3 is 10.1 Å². The van der Waals surface area contributed by atoms with E-state index in [-0.39, 0.29) is 23.0 Å². The zero-order valence-electron chi connectivity index (χ0n) is 17.8. The molecule has 4 nitrogen and oxygen atoms in total. The van der Waals surface area contributed by atoms with Gasteiger partial charge in [0, 0.05) is 24.5 Å². The van der Waals surface area contributed by atoms with Crippen molar-refractivity contribution >= 4 is 17.7 Å². The van der Waals surface area contributed by atoms with Crippen molar-refractivity contribution < 1.29 is 13.9 Å². The zero-order chi connectivity index (χ0) is 22.2. The molecule has 1 aliphatic rings. The van der Waals surface area contributed by atoms with Crippen LogP contribution >= 0.6 is 11.8 Å². The number of carbonyl (C=O) groups is 1. The topological polar surface area (TPSA) is 41.6 Å². The van der Waals surface area contributed by atoms with Crippen LogP contribution in [0.3, 0.4) is 0 Å². The third kappa shape index (κ3) is 5.97. The van der Waals surface area contributed by atoms with Gasteiger partial charge in [-0.25, -0.2) is 4.39 Å². The molecule has 3 aromatic rings. The van der Waals surface area contributed by atoms with Crippen LogP contribution in [-0.4, -0.2) is 43.7 Å². The van der Waals surface area contributed by atoms with Crippen molar-refractivity contribution in [3.63, 3.8) is 0 Å². The number of nitrogens with zero attached hydrogens (tertiary/aromatic N) is 1. The first-order valence-corrected chi connectivity index (χ1v) is 11.7. The minimum absolute atomic E-state index is 0.0366.